The number of hydrogen-bond acceptors (Lipinski definition) is 2. The second kappa shape index (κ2) is 30.5. The molecule has 2 nitrogen and oxygen atoms in total. The quantitative estimate of drug-likeness (QED) is 0.203. The molecular weight excluding hydrogens is 450 g/mol. The Bertz CT molecular complexity index is 714. The number of benzene rings is 2. The van der Waals surface area contributed by atoms with Crippen LogP contribution in [0.15, 0.2) is 91.8 Å². The minimum absolute atomic E-state index is 0.163. The van der Waals surface area contributed by atoms with Crippen LogP contribution in [0.5, 0.6) is 0 Å². The van der Waals surface area contributed by atoms with Gasteiger partial charge in [-0.1, -0.05) is 101 Å². The van der Waals surface area contributed by atoms with Gasteiger partial charge in [-0.3, -0.25) is 0 Å². The molecule has 0 aliphatic carbocycles. The van der Waals surface area contributed by atoms with E-state index >= 15 is 0 Å². The van der Waals surface area contributed by atoms with E-state index in [2.05, 4.69) is 68.8 Å². The first-order valence-corrected chi connectivity index (χ1v) is 13.0. The van der Waals surface area contributed by atoms with E-state index in [0.29, 0.717) is 5.92 Å². The molecule has 0 saturated heterocycles. The summed E-state index contributed by atoms with van der Waals surface area (Å²) >= 11 is 0. The lowest BCUT2D eigenvalue weighted by Crippen LogP contribution is -2.13. The molecule has 0 fully saturated rings. The van der Waals surface area contributed by atoms with Gasteiger partial charge in [0.05, 0.1) is 0 Å². The van der Waals surface area contributed by atoms with Gasteiger partial charge in [-0.15, -0.1) is 13.2 Å². The molecule has 2 N–H and O–H groups in total. The summed E-state index contributed by atoms with van der Waals surface area (Å²) in [5.74, 6) is 0.0926. The highest BCUT2D eigenvalue weighted by Crippen LogP contribution is 2.01. The second-order valence-corrected chi connectivity index (χ2v) is 8.05. The normalized spacial score (nSPS) is 10.1. The molecule has 0 saturated carbocycles. The summed E-state index contributed by atoms with van der Waals surface area (Å²) in [6.07, 6.45) is 7.37. The molecule has 0 bridgehead atoms. The Morgan fingerprint density at radius 3 is 1.89 bits per heavy atom. The minimum Gasteiger partial charge on any atom is -0.317 e. The average molecular weight is 503 g/mol. The molecule has 0 aromatic heterocycles. The van der Waals surface area contributed by atoms with Crippen LogP contribution >= 0.6 is 0 Å². The molecule has 0 unspecified atom stereocenters. The summed E-state index contributed by atoms with van der Waals surface area (Å²) in [4.78, 5) is 0. The van der Waals surface area contributed by atoms with Crippen molar-refractivity contribution in [3.05, 3.63) is 109 Å². The average Bonchev–Trinajstić information content (AvgIpc) is 2.91. The van der Waals surface area contributed by atoms with Gasteiger partial charge < -0.3 is 10.6 Å². The highest BCUT2D eigenvalue weighted by molar-refractivity contribution is 5.14. The molecule has 0 aliphatic rings. The molecule has 0 heterocycles. The van der Waals surface area contributed by atoms with E-state index in [4.69, 9.17) is 0 Å². The zero-order valence-corrected chi connectivity index (χ0v) is 23.9. The largest absolute Gasteiger partial charge is 0.317 e. The van der Waals surface area contributed by atoms with Crippen molar-refractivity contribution in [1.29, 1.82) is 0 Å². The lowest BCUT2D eigenvalue weighted by molar-refractivity contribution is 0.627. The van der Waals surface area contributed by atoms with Crippen LogP contribution in [-0.2, 0) is 6.54 Å². The minimum atomic E-state index is -0.171. The Morgan fingerprint density at radius 2 is 1.47 bits per heavy atom. The number of unbranched alkanes of at least 4 members (excludes halogenated alkanes) is 1. The number of halogens is 2. The molecule has 2 aromatic rings. The lowest BCUT2D eigenvalue weighted by Gasteiger charge is -1.99. The monoisotopic (exact) mass is 502 g/mol. The van der Waals surface area contributed by atoms with Gasteiger partial charge in [0.1, 0.15) is 11.6 Å². The second-order valence-electron chi connectivity index (χ2n) is 8.05. The Hall–Kier alpha value is -2.56. The van der Waals surface area contributed by atoms with Crippen LogP contribution < -0.4 is 10.6 Å². The van der Waals surface area contributed by atoms with E-state index < -0.39 is 0 Å². The third-order valence-electron chi connectivity index (χ3n) is 4.31. The molecule has 0 aliphatic heterocycles. The van der Waals surface area contributed by atoms with Crippen molar-refractivity contribution in [3.63, 3.8) is 0 Å². The highest BCUT2D eigenvalue weighted by Gasteiger charge is 1.86. The summed E-state index contributed by atoms with van der Waals surface area (Å²) in [7, 11) is 0. The van der Waals surface area contributed by atoms with Gasteiger partial charge >= 0.3 is 0 Å². The first-order valence-electron chi connectivity index (χ1n) is 13.0. The van der Waals surface area contributed by atoms with Gasteiger partial charge in [0, 0.05) is 6.54 Å². The maximum Gasteiger partial charge on any atom is 0.123 e. The van der Waals surface area contributed by atoms with Crippen LogP contribution in [0.2, 0.25) is 0 Å². The Morgan fingerprint density at radius 1 is 0.917 bits per heavy atom. The SMILES string of the molecule is C/C=C(F)\C=C/C(C)C.C=C.CCCCNCC.CCNCc1ccccc1.Cc1ccc(F)cc1. The first kappa shape index (κ1) is 38.0. The molecular formula is C32H52F2N2. The fourth-order valence-electron chi connectivity index (χ4n) is 2.26. The molecule has 0 atom stereocenters. The van der Waals surface area contributed by atoms with Crippen molar-refractivity contribution in [2.75, 3.05) is 19.6 Å². The topological polar surface area (TPSA) is 24.1 Å². The Balaban J connectivity index is -0.000000397. The van der Waals surface area contributed by atoms with Crippen LogP contribution in [0.4, 0.5) is 8.78 Å². The zero-order chi connectivity index (χ0) is 28.0. The van der Waals surface area contributed by atoms with E-state index in [0.717, 1.165) is 25.2 Å². The van der Waals surface area contributed by atoms with Gasteiger partial charge in [-0.25, -0.2) is 8.78 Å². The number of aryl methyl sites for hydroxylation is 1. The first-order chi connectivity index (χ1) is 17.3. The summed E-state index contributed by atoms with van der Waals surface area (Å²) in [6.45, 7) is 24.4. The predicted octanol–water partition coefficient (Wildman–Crippen LogP) is 9.20. The summed E-state index contributed by atoms with van der Waals surface area (Å²) in [5.41, 5.74) is 2.44. The van der Waals surface area contributed by atoms with E-state index in [9.17, 15) is 8.78 Å². The van der Waals surface area contributed by atoms with Crippen molar-refractivity contribution in [2.24, 2.45) is 5.92 Å². The van der Waals surface area contributed by atoms with E-state index in [1.54, 1.807) is 19.1 Å². The smallest absolute Gasteiger partial charge is 0.123 e. The molecule has 36 heavy (non-hydrogen) atoms. The molecule has 4 heteroatoms. The van der Waals surface area contributed by atoms with Crippen molar-refractivity contribution < 1.29 is 8.78 Å². The number of allylic oxidation sites excluding steroid dienone is 4. The predicted molar refractivity (Wildman–Crippen MR) is 159 cm³/mol. The lowest BCUT2D eigenvalue weighted by atomic mass is 10.2. The third-order valence-corrected chi connectivity index (χ3v) is 4.31. The van der Waals surface area contributed by atoms with Gasteiger partial charge in [-0.05, 0) is 69.6 Å². The van der Waals surface area contributed by atoms with Crippen molar-refractivity contribution >= 4 is 0 Å². The van der Waals surface area contributed by atoms with Crippen molar-refractivity contribution in [3.8, 4) is 0 Å². The molecule has 204 valence electrons. The summed E-state index contributed by atoms with van der Waals surface area (Å²) in [6, 6.07) is 16.8. The van der Waals surface area contributed by atoms with Crippen molar-refractivity contribution in [1.82, 2.24) is 10.6 Å². The van der Waals surface area contributed by atoms with Crippen LogP contribution in [0, 0.1) is 18.7 Å². The van der Waals surface area contributed by atoms with E-state index in [1.165, 1.54) is 49.2 Å². The van der Waals surface area contributed by atoms with Crippen LogP contribution in [0.3, 0.4) is 0 Å². The van der Waals surface area contributed by atoms with Gasteiger partial charge in [0.2, 0.25) is 0 Å². The van der Waals surface area contributed by atoms with Crippen LogP contribution in [0.25, 0.3) is 0 Å². The number of rotatable bonds is 9. The van der Waals surface area contributed by atoms with Crippen LogP contribution in [-0.4, -0.2) is 19.6 Å². The number of nitrogens with one attached hydrogen (secondary N) is 2. The van der Waals surface area contributed by atoms with Gasteiger partial charge in [-0.2, -0.15) is 0 Å². The maximum absolute atomic E-state index is 12.3. The molecule has 2 rings (SSSR count). The standard InChI is InChI=1S/C9H13N.C8H13F.C7H7F.C6H15N.C2H4/c1-2-10-8-9-6-4-3-5-7-9;1-4-8(9)6-5-7(2)3;1-6-2-4-7(8)5-3-6;1-3-5-6-7-4-2;1-2/h3-7,10H,2,8H2,1H3;4-7H,1-3H3;2-5H,1H3;7H,3-6H2,1-2H3;1-2H2/b;6-5-,8-4+;;;. The van der Waals surface area contributed by atoms with Gasteiger partial charge in [0.15, 0.2) is 0 Å². The zero-order valence-electron chi connectivity index (χ0n) is 23.9. The van der Waals surface area contributed by atoms with E-state index in [1.807, 2.05) is 32.9 Å². The van der Waals surface area contributed by atoms with Gasteiger partial charge in [0.25, 0.3) is 0 Å². The summed E-state index contributed by atoms with van der Waals surface area (Å²) < 4.78 is 24.4. The Labute approximate surface area is 221 Å². The van der Waals surface area contributed by atoms with E-state index in [-0.39, 0.29) is 11.6 Å². The van der Waals surface area contributed by atoms with Crippen LogP contribution in [0.1, 0.15) is 65.5 Å². The third kappa shape index (κ3) is 31.4. The summed E-state index contributed by atoms with van der Waals surface area (Å²) in [5, 5.41) is 6.51. The highest BCUT2D eigenvalue weighted by atomic mass is 19.1. The molecule has 2 aromatic carbocycles. The molecule has 0 radical (unpaired) electrons. The fraction of sp³-hybridized carbons (Fsp3) is 0.438. The maximum atomic E-state index is 12.3. The molecule has 0 amide bonds. The number of hydrogen-bond donors (Lipinski definition) is 2. The fourth-order valence-corrected chi connectivity index (χ4v) is 2.26. The molecule has 0 spiro atoms. The van der Waals surface area contributed by atoms with Crippen molar-refractivity contribution in [2.45, 2.75) is 67.9 Å². The Kier molecular flexibility index (Phi) is 32.1.